The molecule has 1 heterocycles. The molecule has 3 heteroatoms. The molecule has 24 heavy (non-hydrogen) atoms. The number of carbonyl (C=O) groups excluding carboxylic acids is 1. The Bertz CT molecular complexity index is 711. The number of carbonyl (C=O) groups is 1. The first-order valence-electron chi connectivity index (χ1n) is 8.91. The molecule has 1 aliphatic heterocycles. The Balaban J connectivity index is 1.67. The lowest BCUT2D eigenvalue weighted by Gasteiger charge is -2.44. The molecule has 2 atom stereocenters. The van der Waals surface area contributed by atoms with E-state index in [1.807, 2.05) is 42.5 Å². The predicted octanol–water partition coefficient (Wildman–Crippen LogP) is 4.14. The molecule has 3 nitrogen and oxygen atoms in total. The summed E-state index contributed by atoms with van der Waals surface area (Å²) in [6.07, 6.45) is 4.76. The highest BCUT2D eigenvalue weighted by molar-refractivity contribution is 6.01. The van der Waals surface area contributed by atoms with Gasteiger partial charge in [-0.15, -0.1) is 0 Å². The zero-order valence-electron chi connectivity index (χ0n) is 13.9. The van der Waals surface area contributed by atoms with Crippen LogP contribution in [0.1, 0.15) is 36.0 Å². The van der Waals surface area contributed by atoms with E-state index < -0.39 is 0 Å². The van der Waals surface area contributed by atoms with Gasteiger partial charge in [-0.3, -0.25) is 4.79 Å². The Kier molecular flexibility index (Phi) is 4.35. The number of ether oxygens (including phenoxy) is 1. The molecule has 2 aliphatic rings. The molecule has 2 aromatic carbocycles. The zero-order chi connectivity index (χ0) is 16.4. The van der Waals surface area contributed by atoms with Crippen molar-refractivity contribution in [1.29, 1.82) is 0 Å². The summed E-state index contributed by atoms with van der Waals surface area (Å²) < 4.78 is 5.92. The molecule has 2 aromatic rings. The van der Waals surface area contributed by atoms with Crippen molar-refractivity contribution in [2.24, 2.45) is 0 Å². The summed E-state index contributed by atoms with van der Waals surface area (Å²) >= 11 is 0. The summed E-state index contributed by atoms with van der Waals surface area (Å²) in [5.41, 5.74) is 2.91. The van der Waals surface area contributed by atoms with Gasteiger partial charge in [-0.05, 0) is 30.0 Å². The lowest BCUT2D eigenvalue weighted by molar-refractivity contribution is -0.0752. The maximum atomic E-state index is 13.3. The monoisotopic (exact) mass is 321 g/mol. The fourth-order valence-electron chi connectivity index (χ4n) is 4.04. The van der Waals surface area contributed by atoms with Crippen LogP contribution in [0.25, 0.3) is 11.1 Å². The van der Waals surface area contributed by atoms with Crippen LogP contribution in [-0.4, -0.2) is 36.1 Å². The number of hydrogen-bond donors (Lipinski definition) is 0. The summed E-state index contributed by atoms with van der Waals surface area (Å²) in [6, 6.07) is 18.4. The van der Waals surface area contributed by atoms with E-state index in [4.69, 9.17) is 4.74 Å². The second-order valence-electron chi connectivity index (χ2n) is 6.67. The van der Waals surface area contributed by atoms with Crippen LogP contribution in [0.5, 0.6) is 0 Å². The summed E-state index contributed by atoms with van der Waals surface area (Å²) in [7, 11) is 0. The maximum absolute atomic E-state index is 13.3. The number of benzene rings is 2. The third kappa shape index (κ3) is 2.84. The van der Waals surface area contributed by atoms with Crippen LogP contribution >= 0.6 is 0 Å². The van der Waals surface area contributed by atoms with Crippen molar-refractivity contribution < 1.29 is 9.53 Å². The van der Waals surface area contributed by atoms with E-state index in [0.717, 1.165) is 29.5 Å². The molecule has 124 valence electrons. The van der Waals surface area contributed by atoms with E-state index in [1.165, 1.54) is 12.8 Å². The van der Waals surface area contributed by atoms with Crippen molar-refractivity contribution in [2.45, 2.75) is 37.8 Å². The Morgan fingerprint density at radius 1 is 0.958 bits per heavy atom. The molecule has 1 saturated carbocycles. The van der Waals surface area contributed by atoms with Crippen LogP contribution in [0.4, 0.5) is 0 Å². The lowest BCUT2D eigenvalue weighted by Crippen LogP contribution is -2.54. The maximum Gasteiger partial charge on any atom is 0.254 e. The normalized spacial score (nSPS) is 23.6. The van der Waals surface area contributed by atoms with Crippen molar-refractivity contribution >= 4 is 5.91 Å². The Hall–Kier alpha value is -2.13. The van der Waals surface area contributed by atoms with Crippen molar-refractivity contribution in [3.8, 4) is 11.1 Å². The first kappa shape index (κ1) is 15.4. The van der Waals surface area contributed by atoms with Gasteiger partial charge in [0.1, 0.15) is 0 Å². The van der Waals surface area contributed by atoms with Gasteiger partial charge in [0.2, 0.25) is 0 Å². The quantitative estimate of drug-likeness (QED) is 0.832. The second-order valence-corrected chi connectivity index (χ2v) is 6.67. The molecule has 1 amide bonds. The van der Waals surface area contributed by atoms with E-state index in [2.05, 4.69) is 17.0 Å². The minimum absolute atomic E-state index is 0.148. The molecule has 1 saturated heterocycles. The van der Waals surface area contributed by atoms with Crippen LogP contribution in [0.3, 0.4) is 0 Å². The third-order valence-corrected chi connectivity index (χ3v) is 5.24. The topological polar surface area (TPSA) is 29.5 Å². The molecular weight excluding hydrogens is 298 g/mol. The number of rotatable bonds is 2. The molecule has 4 rings (SSSR count). The van der Waals surface area contributed by atoms with Crippen molar-refractivity contribution in [1.82, 2.24) is 4.90 Å². The first-order valence-corrected chi connectivity index (χ1v) is 8.91. The predicted molar refractivity (Wildman–Crippen MR) is 94.9 cm³/mol. The molecule has 2 fully saturated rings. The molecule has 0 spiro atoms. The van der Waals surface area contributed by atoms with E-state index >= 15 is 0 Å². The highest BCUT2D eigenvalue weighted by atomic mass is 16.5. The SMILES string of the molecule is O=C(c1ccccc1-c1ccccc1)N1CCO[C@H]2CCCC[C@@H]21. The zero-order valence-corrected chi connectivity index (χ0v) is 13.9. The van der Waals surface area contributed by atoms with Gasteiger partial charge < -0.3 is 9.64 Å². The average molecular weight is 321 g/mol. The Morgan fingerprint density at radius 3 is 2.58 bits per heavy atom. The number of fused-ring (bicyclic) bond motifs is 1. The first-order chi connectivity index (χ1) is 11.8. The summed E-state index contributed by atoms with van der Waals surface area (Å²) in [5.74, 6) is 0.148. The number of hydrogen-bond acceptors (Lipinski definition) is 2. The molecule has 0 aromatic heterocycles. The number of amides is 1. The standard InChI is InChI=1S/C21H23NO2/c23-21(22-14-15-24-20-13-7-6-12-19(20)22)18-11-5-4-10-17(18)16-8-2-1-3-9-16/h1-5,8-11,19-20H,6-7,12-15H2/t19-,20-/m0/s1. The van der Waals surface area contributed by atoms with Crippen LogP contribution in [0.15, 0.2) is 54.6 Å². The van der Waals surface area contributed by atoms with Crippen LogP contribution in [0.2, 0.25) is 0 Å². The number of morpholine rings is 1. The molecule has 0 bridgehead atoms. The molecule has 1 aliphatic carbocycles. The fourth-order valence-corrected chi connectivity index (χ4v) is 4.04. The van der Waals surface area contributed by atoms with Gasteiger partial charge in [0.25, 0.3) is 5.91 Å². The van der Waals surface area contributed by atoms with Gasteiger partial charge >= 0.3 is 0 Å². The average Bonchev–Trinajstić information content (AvgIpc) is 2.68. The van der Waals surface area contributed by atoms with Gasteiger partial charge in [0.15, 0.2) is 0 Å². The smallest absolute Gasteiger partial charge is 0.254 e. The minimum Gasteiger partial charge on any atom is -0.374 e. The lowest BCUT2D eigenvalue weighted by atomic mass is 9.89. The molecule has 0 unspecified atom stereocenters. The van der Waals surface area contributed by atoms with E-state index in [1.54, 1.807) is 0 Å². The Morgan fingerprint density at radius 2 is 1.71 bits per heavy atom. The van der Waals surface area contributed by atoms with Gasteiger partial charge in [-0.2, -0.15) is 0 Å². The fraction of sp³-hybridized carbons (Fsp3) is 0.381. The molecular formula is C21H23NO2. The second kappa shape index (κ2) is 6.78. The van der Waals surface area contributed by atoms with Crippen LogP contribution in [0, 0.1) is 0 Å². The van der Waals surface area contributed by atoms with Crippen molar-refractivity contribution in [3.63, 3.8) is 0 Å². The van der Waals surface area contributed by atoms with E-state index in [-0.39, 0.29) is 18.1 Å². The number of nitrogens with zero attached hydrogens (tertiary/aromatic N) is 1. The highest BCUT2D eigenvalue weighted by Crippen LogP contribution is 2.31. The van der Waals surface area contributed by atoms with Gasteiger partial charge in [0, 0.05) is 12.1 Å². The summed E-state index contributed by atoms with van der Waals surface area (Å²) in [6.45, 7) is 1.35. The van der Waals surface area contributed by atoms with Gasteiger partial charge in [-0.25, -0.2) is 0 Å². The highest BCUT2D eigenvalue weighted by Gasteiger charge is 2.37. The Labute approximate surface area is 143 Å². The third-order valence-electron chi connectivity index (χ3n) is 5.24. The molecule has 0 N–H and O–H groups in total. The largest absolute Gasteiger partial charge is 0.374 e. The van der Waals surface area contributed by atoms with E-state index in [0.29, 0.717) is 13.2 Å². The van der Waals surface area contributed by atoms with Gasteiger partial charge in [0.05, 0.1) is 18.8 Å². The van der Waals surface area contributed by atoms with Crippen molar-refractivity contribution in [2.75, 3.05) is 13.2 Å². The van der Waals surface area contributed by atoms with Gasteiger partial charge in [-0.1, -0.05) is 61.4 Å². The minimum atomic E-state index is 0.148. The van der Waals surface area contributed by atoms with Crippen LogP contribution < -0.4 is 0 Å². The summed E-state index contributed by atoms with van der Waals surface area (Å²) in [5, 5.41) is 0. The van der Waals surface area contributed by atoms with Crippen molar-refractivity contribution in [3.05, 3.63) is 60.2 Å². The van der Waals surface area contributed by atoms with E-state index in [9.17, 15) is 4.79 Å². The summed E-state index contributed by atoms with van der Waals surface area (Å²) in [4.78, 5) is 15.4. The van der Waals surface area contributed by atoms with Crippen LogP contribution in [-0.2, 0) is 4.74 Å². The molecule has 0 radical (unpaired) electrons.